The lowest BCUT2D eigenvalue weighted by Gasteiger charge is -2.22. The lowest BCUT2D eigenvalue weighted by Crippen LogP contribution is -2.34. The van der Waals surface area contributed by atoms with E-state index in [2.05, 4.69) is 15.5 Å². The van der Waals surface area contributed by atoms with Crippen LogP contribution in [-0.2, 0) is 0 Å². The molecule has 0 unspecified atom stereocenters. The molecule has 0 saturated carbocycles. The smallest absolute Gasteiger partial charge is 0.322 e. The fourth-order valence-electron chi connectivity index (χ4n) is 3.28. The number of methoxy groups -OCH3 is 1. The van der Waals surface area contributed by atoms with E-state index in [0.717, 1.165) is 18.4 Å². The number of rotatable bonds is 4. The minimum atomic E-state index is -0.407. The van der Waals surface area contributed by atoms with E-state index < -0.39 is 5.82 Å². The first-order valence-electron chi connectivity index (χ1n) is 8.95. The molecule has 1 fully saturated rings. The van der Waals surface area contributed by atoms with Gasteiger partial charge in [0.15, 0.2) is 0 Å². The molecule has 1 aromatic heterocycles. The Bertz CT molecular complexity index is 991. The van der Waals surface area contributed by atoms with Crippen molar-refractivity contribution in [1.82, 2.24) is 15.0 Å². The quantitative estimate of drug-likeness (QED) is 0.729. The molecule has 28 heavy (non-hydrogen) atoms. The maximum absolute atomic E-state index is 13.3. The average Bonchev–Trinajstić information content (AvgIpc) is 3.37. The van der Waals surface area contributed by atoms with Crippen molar-refractivity contribution in [3.8, 4) is 17.1 Å². The third kappa shape index (κ3) is 3.66. The van der Waals surface area contributed by atoms with Gasteiger partial charge in [-0.15, -0.1) is 0 Å². The molecule has 0 spiro atoms. The van der Waals surface area contributed by atoms with Crippen LogP contribution in [0.1, 0.15) is 24.8 Å². The molecular formula is C20H19FN4O3. The standard InChI is InChI=1S/C20H19FN4O3/c1-27-16-8-2-5-13(11-16)18-23-19(28-24-18)17-9-4-10-25(17)20(26)22-15-7-3-6-14(21)12-15/h2-3,5-8,11-12,17H,4,9-10H2,1H3,(H,22,26)/t17-/m1/s1. The highest BCUT2D eigenvalue weighted by molar-refractivity contribution is 5.89. The van der Waals surface area contributed by atoms with Crippen LogP contribution >= 0.6 is 0 Å². The minimum absolute atomic E-state index is 0.319. The Morgan fingerprint density at radius 3 is 2.96 bits per heavy atom. The van der Waals surface area contributed by atoms with Gasteiger partial charge in [-0.2, -0.15) is 4.98 Å². The zero-order chi connectivity index (χ0) is 19.5. The van der Waals surface area contributed by atoms with Gasteiger partial charge in [0.2, 0.25) is 11.7 Å². The van der Waals surface area contributed by atoms with Crippen molar-refractivity contribution in [2.24, 2.45) is 0 Å². The molecule has 2 amide bonds. The lowest BCUT2D eigenvalue weighted by molar-refractivity contribution is 0.193. The number of benzene rings is 2. The number of hydrogen-bond acceptors (Lipinski definition) is 5. The van der Waals surface area contributed by atoms with Crippen LogP contribution in [0.15, 0.2) is 53.1 Å². The van der Waals surface area contributed by atoms with Gasteiger partial charge >= 0.3 is 6.03 Å². The van der Waals surface area contributed by atoms with Crippen LogP contribution in [0, 0.1) is 5.82 Å². The summed E-state index contributed by atoms with van der Waals surface area (Å²) in [6.07, 6.45) is 1.54. The number of anilines is 1. The molecule has 1 aliphatic rings. The van der Waals surface area contributed by atoms with Gasteiger partial charge in [0.1, 0.15) is 17.6 Å². The Hall–Kier alpha value is -3.42. The average molecular weight is 382 g/mol. The van der Waals surface area contributed by atoms with E-state index in [9.17, 15) is 9.18 Å². The van der Waals surface area contributed by atoms with E-state index in [0.29, 0.717) is 29.7 Å². The van der Waals surface area contributed by atoms with E-state index >= 15 is 0 Å². The zero-order valence-electron chi connectivity index (χ0n) is 15.3. The molecule has 0 radical (unpaired) electrons. The summed E-state index contributed by atoms with van der Waals surface area (Å²) in [4.78, 5) is 18.8. The first-order chi connectivity index (χ1) is 13.6. The van der Waals surface area contributed by atoms with Crippen molar-refractivity contribution in [3.63, 3.8) is 0 Å². The molecule has 3 aromatic rings. The van der Waals surface area contributed by atoms with E-state index in [1.54, 1.807) is 24.1 Å². The molecule has 2 aromatic carbocycles. The van der Waals surface area contributed by atoms with Gasteiger partial charge in [0.25, 0.3) is 0 Å². The summed E-state index contributed by atoms with van der Waals surface area (Å²) < 4.78 is 24.0. The van der Waals surface area contributed by atoms with Crippen LogP contribution < -0.4 is 10.1 Å². The van der Waals surface area contributed by atoms with Crippen LogP contribution in [0.4, 0.5) is 14.9 Å². The largest absolute Gasteiger partial charge is 0.497 e. The number of likely N-dealkylation sites (tertiary alicyclic amines) is 1. The van der Waals surface area contributed by atoms with E-state index in [1.165, 1.54) is 12.1 Å². The maximum atomic E-state index is 13.3. The van der Waals surface area contributed by atoms with Crippen LogP contribution in [0.25, 0.3) is 11.4 Å². The van der Waals surface area contributed by atoms with Gasteiger partial charge < -0.3 is 19.5 Å². The van der Waals surface area contributed by atoms with Crippen LogP contribution in [0.3, 0.4) is 0 Å². The van der Waals surface area contributed by atoms with Crippen molar-refractivity contribution in [2.45, 2.75) is 18.9 Å². The molecule has 2 heterocycles. The molecule has 1 N–H and O–H groups in total. The van der Waals surface area contributed by atoms with Gasteiger partial charge in [-0.25, -0.2) is 9.18 Å². The van der Waals surface area contributed by atoms with Gasteiger partial charge in [-0.1, -0.05) is 23.4 Å². The van der Waals surface area contributed by atoms with Gasteiger partial charge in [-0.3, -0.25) is 0 Å². The normalized spacial score (nSPS) is 16.2. The maximum Gasteiger partial charge on any atom is 0.322 e. The summed E-state index contributed by atoms with van der Waals surface area (Å²) in [6, 6.07) is 12.5. The highest BCUT2D eigenvalue weighted by Gasteiger charge is 2.34. The Kier molecular flexibility index (Phi) is 4.92. The fourth-order valence-corrected chi connectivity index (χ4v) is 3.28. The van der Waals surface area contributed by atoms with Crippen molar-refractivity contribution in [2.75, 3.05) is 19.0 Å². The molecular weight excluding hydrogens is 363 g/mol. The number of urea groups is 1. The molecule has 1 aliphatic heterocycles. The number of carbonyl (C=O) groups is 1. The minimum Gasteiger partial charge on any atom is -0.497 e. The third-order valence-corrected chi connectivity index (χ3v) is 4.64. The van der Waals surface area contributed by atoms with Gasteiger partial charge in [0, 0.05) is 17.8 Å². The van der Waals surface area contributed by atoms with Gasteiger partial charge in [0.05, 0.1) is 7.11 Å². The SMILES string of the molecule is COc1cccc(-c2noc([C@H]3CCCN3C(=O)Nc3cccc(F)c3)n2)c1. The predicted molar refractivity (Wildman–Crippen MR) is 100 cm³/mol. The van der Waals surface area contributed by atoms with Crippen molar-refractivity contribution >= 4 is 11.7 Å². The molecule has 0 bridgehead atoms. The number of amides is 2. The predicted octanol–water partition coefficient (Wildman–Crippen LogP) is 4.25. The number of nitrogens with one attached hydrogen (secondary N) is 1. The number of aromatic nitrogens is 2. The van der Waals surface area contributed by atoms with Crippen LogP contribution in [-0.4, -0.2) is 34.7 Å². The molecule has 0 aliphatic carbocycles. The van der Waals surface area contributed by atoms with E-state index in [4.69, 9.17) is 9.26 Å². The number of ether oxygens (including phenoxy) is 1. The van der Waals surface area contributed by atoms with Gasteiger partial charge in [-0.05, 0) is 43.2 Å². The first kappa shape index (κ1) is 18.0. The Balaban J connectivity index is 1.52. The zero-order valence-corrected chi connectivity index (χ0v) is 15.3. The Morgan fingerprint density at radius 1 is 1.29 bits per heavy atom. The van der Waals surface area contributed by atoms with E-state index in [1.807, 2.05) is 24.3 Å². The second-order valence-corrected chi connectivity index (χ2v) is 6.48. The number of carbonyl (C=O) groups excluding carboxylic acids is 1. The first-order valence-corrected chi connectivity index (χ1v) is 8.95. The highest BCUT2D eigenvalue weighted by Crippen LogP contribution is 2.33. The second-order valence-electron chi connectivity index (χ2n) is 6.48. The highest BCUT2D eigenvalue weighted by atomic mass is 19.1. The summed E-state index contributed by atoms with van der Waals surface area (Å²) in [7, 11) is 1.59. The molecule has 144 valence electrons. The van der Waals surface area contributed by atoms with E-state index in [-0.39, 0.29) is 12.1 Å². The summed E-state index contributed by atoms with van der Waals surface area (Å²) in [5, 5.41) is 6.76. The summed E-state index contributed by atoms with van der Waals surface area (Å²) in [6.45, 7) is 0.558. The molecule has 1 atom stereocenters. The summed E-state index contributed by atoms with van der Waals surface area (Å²) in [5.41, 5.74) is 1.17. The number of nitrogens with zero attached hydrogens (tertiary/aromatic N) is 3. The lowest BCUT2D eigenvalue weighted by atomic mass is 10.2. The monoisotopic (exact) mass is 382 g/mol. The summed E-state index contributed by atoms with van der Waals surface area (Å²) in [5.74, 6) is 1.10. The molecule has 1 saturated heterocycles. The number of hydrogen-bond donors (Lipinski definition) is 1. The third-order valence-electron chi connectivity index (χ3n) is 4.64. The van der Waals surface area contributed by atoms with Crippen LogP contribution in [0.5, 0.6) is 5.75 Å². The molecule has 7 nitrogen and oxygen atoms in total. The van der Waals surface area contributed by atoms with Crippen molar-refractivity contribution in [1.29, 1.82) is 0 Å². The second kappa shape index (κ2) is 7.67. The fraction of sp³-hybridized carbons (Fsp3) is 0.250. The van der Waals surface area contributed by atoms with Crippen molar-refractivity contribution in [3.05, 3.63) is 60.2 Å². The van der Waals surface area contributed by atoms with Crippen molar-refractivity contribution < 1.29 is 18.4 Å². The summed E-state index contributed by atoms with van der Waals surface area (Å²) >= 11 is 0. The van der Waals surface area contributed by atoms with Crippen LogP contribution in [0.2, 0.25) is 0 Å². The molecule has 8 heteroatoms. The Labute approximate surface area is 161 Å². The topological polar surface area (TPSA) is 80.5 Å². The molecule has 4 rings (SSSR count). The number of halogens is 1. The Morgan fingerprint density at radius 2 is 2.14 bits per heavy atom.